The summed E-state index contributed by atoms with van der Waals surface area (Å²) in [5.74, 6) is -0.652. The van der Waals surface area contributed by atoms with Crippen LogP contribution in [0, 0.1) is 24.6 Å². The Morgan fingerprint density at radius 2 is 1.86 bits per heavy atom. The van der Waals surface area contributed by atoms with E-state index >= 15 is 4.39 Å². The van der Waals surface area contributed by atoms with Crippen molar-refractivity contribution in [2.45, 2.75) is 76.8 Å². The van der Waals surface area contributed by atoms with Crippen molar-refractivity contribution in [1.29, 1.82) is 0 Å². The predicted octanol–water partition coefficient (Wildman–Crippen LogP) is 2.47. The van der Waals surface area contributed by atoms with E-state index in [1.165, 1.54) is 6.42 Å². The van der Waals surface area contributed by atoms with E-state index in [1.807, 2.05) is 0 Å². The largest absolute Gasteiger partial charge is 0.348 e. The molecule has 0 spiro atoms. The van der Waals surface area contributed by atoms with Crippen LogP contribution >= 0.6 is 0 Å². The van der Waals surface area contributed by atoms with Crippen LogP contribution in [-0.4, -0.2) is 76.2 Å². The lowest BCUT2D eigenvalue weighted by Gasteiger charge is -2.49. The first-order valence-electron chi connectivity index (χ1n) is 12.8. The van der Waals surface area contributed by atoms with Gasteiger partial charge in [0, 0.05) is 25.2 Å². The molecule has 35 heavy (non-hydrogen) atoms. The fourth-order valence-corrected chi connectivity index (χ4v) is 6.05. The number of hydroxylamine groups is 2. The molecule has 1 saturated heterocycles. The van der Waals surface area contributed by atoms with Crippen LogP contribution in [0.3, 0.4) is 0 Å². The summed E-state index contributed by atoms with van der Waals surface area (Å²) in [4.78, 5) is 36.9. The number of halogens is 1. The van der Waals surface area contributed by atoms with Gasteiger partial charge in [-0.3, -0.25) is 30.5 Å². The minimum Gasteiger partial charge on any atom is -0.348 e. The number of piperazine rings is 1. The fourth-order valence-electron chi connectivity index (χ4n) is 6.05. The number of anilines is 2. The number of carbonyl (C=O) groups excluding carboxylic acids is 2. The average Bonchev–Trinajstić information content (AvgIpc) is 3.37. The van der Waals surface area contributed by atoms with Crippen molar-refractivity contribution >= 4 is 24.0 Å². The summed E-state index contributed by atoms with van der Waals surface area (Å²) in [5.41, 5.74) is 5.22. The van der Waals surface area contributed by atoms with Gasteiger partial charge in [0.25, 0.3) is 0 Å². The summed E-state index contributed by atoms with van der Waals surface area (Å²) in [7, 11) is 2.13. The van der Waals surface area contributed by atoms with Crippen molar-refractivity contribution in [3.63, 3.8) is 0 Å². The summed E-state index contributed by atoms with van der Waals surface area (Å²) >= 11 is 0. The zero-order chi connectivity index (χ0) is 24.9. The molecule has 2 saturated carbocycles. The monoisotopic (exact) mass is 491 g/mol. The smallest absolute Gasteiger partial charge is 0.243 e. The second kappa shape index (κ2) is 11.5. The molecule has 1 aromatic rings. The van der Waals surface area contributed by atoms with E-state index < -0.39 is 17.6 Å². The summed E-state index contributed by atoms with van der Waals surface area (Å²) in [6.07, 6.45) is 9.52. The zero-order valence-corrected chi connectivity index (χ0v) is 20.7. The number of nitrogens with zero attached hydrogens (tertiary/aromatic N) is 5. The minimum atomic E-state index is -0.619. The van der Waals surface area contributed by atoms with Crippen molar-refractivity contribution in [1.82, 2.24) is 25.4 Å². The molecule has 3 atom stereocenters. The molecule has 1 aromatic heterocycles. The number of rotatable bonds is 9. The van der Waals surface area contributed by atoms with Crippen molar-refractivity contribution in [3.05, 3.63) is 11.6 Å². The van der Waals surface area contributed by atoms with E-state index in [4.69, 9.17) is 0 Å². The zero-order valence-electron chi connectivity index (χ0n) is 20.7. The number of likely N-dealkylation sites (N-methyl/N-ethyl adjacent to an activating group) is 1. The molecular formula is C24H38FN7O3. The van der Waals surface area contributed by atoms with Gasteiger partial charge in [0.05, 0.1) is 12.5 Å². The molecule has 3 aliphatic rings. The van der Waals surface area contributed by atoms with Gasteiger partial charge in [-0.1, -0.05) is 38.5 Å². The number of fused-ring (bicyclic) bond motifs is 1. The molecule has 0 aromatic carbocycles. The van der Waals surface area contributed by atoms with Crippen molar-refractivity contribution < 1.29 is 19.2 Å². The van der Waals surface area contributed by atoms with E-state index in [1.54, 1.807) is 6.92 Å². The molecule has 3 fully saturated rings. The van der Waals surface area contributed by atoms with Crippen molar-refractivity contribution in [2.24, 2.45) is 11.8 Å². The van der Waals surface area contributed by atoms with Crippen LogP contribution in [0.5, 0.6) is 0 Å². The Hall–Kier alpha value is -2.53. The molecule has 2 heterocycles. The maximum atomic E-state index is 15.6. The highest BCUT2D eigenvalue weighted by molar-refractivity contribution is 5.80. The molecule has 0 radical (unpaired) electrons. The van der Waals surface area contributed by atoms with Gasteiger partial charge in [0.2, 0.25) is 18.1 Å². The van der Waals surface area contributed by atoms with Gasteiger partial charge in [-0.05, 0) is 39.2 Å². The third-order valence-electron chi connectivity index (χ3n) is 7.87. The molecule has 11 heteroatoms. The molecule has 0 unspecified atom stereocenters. The molecule has 3 N–H and O–H groups in total. The molecule has 1 aliphatic heterocycles. The van der Waals surface area contributed by atoms with Gasteiger partial charge in [-0.25, -0.2) is 15.0 Å². The van der Waals surface area contributed by atoms with Crippen LogP contribution in [0.25, 0.3) is 0 Å². The predicted molar refractivity (Wildman–Crippen MR) is 129 cm³/mol. The Morgan fingerprint density at radius 1 is 1.17 bits per heavy atom. The maximum absolute atomic E-state index is 15.6. The summed E-state index contributed by atoms with van der Waals surface area (Å²) in [6, 6.07) is 0.572. The normalized spacial score (nSPS) is 24.1. The number of aryl methyl sites for hydroxylation is 1. The van der Waals surface area contributed by atoms with E-state index in [0.29, 0.717) is 35.8 Å². The molecule has 2 amide bonds. The highest BCUT2D eigenvalue weighted by atomic mass is 19.1. The molecule has 10 nitrogen and oxygen atoms in total. The molecule has 4 rings (SSSR count). The quantitative estimate of drug-likeness (QED) is 0.274. The van der Waals surface area contributed by atoms with E-state index in [-0.39, 0.29) is 30.6 Å². The molecule has 0 bridgehead atoms. The van der Waals surface area contributed by atoms with Crippen LogP contribution in [0.15, 0.2) is 0 Å². The van der Waals surface area contributed by atoms with Crippen LogP contribution < -0.4 is 15.8 Å². The van der Waals surface area contributed by atoms with Gasteiger partial charge in [-0.2, -0.15) is 4.39 Å². The Kier molecular flexibility index (Phi) is 8.38. The second-order valence-corrected chi connectivity index (χ2v) is 10.3. The lowest BCUT2D eigenvalue weighted by Crippen LogP contribution is -2.60. The molecule has 2 aliphatic carbocycles. The lowest BCUT2D eigenvalue weighted by molar-refractivity contribution is -0.154. The van der Waals surface area contributed by atoms with Crippen molar-refractivity contribution in [2.75, 3.05) is 37.0 Å². The third-order valence-corrected chi connectivity index (χ3v) is 7.87. The number of aromatic nitrogens is 2. The van der Waals surface area contributed by atoms with Crippen LogP contribution in [0.4, 0.5) is 16.0 Å². The Balaban J connectivity index is 1.48. The topological polar surface area (TPSA) is 114 Å². The first-order chi connectivity index (χ1) is 16.9. The Morgan fingerprint density at radius 3 is 2.57 bits per heavy atom. The number of hydrazine groups is 1. The standard InChI is InChI=1S/C24H38FN7O3/c1-16-26-22(28-29-24(34)18(14-31(35)15-33)13-17-7-3-4-8-17)21(25)23(27-16)32-12-11-30(2)19-9-5-6-10-20(19)32/h15,17-20,35H,3-14H2,1-2H3,(H,29,34)(H,26,27,28)/t18-,19-,20+/m1/s1. The van der Waals surface area contributed by atoms with E-state index in [2.05, 4.69) is 37.7 Å². The highest BCUT2D eigenvalue weighted by Crippen LogP contribution is 2.34. The minimum absolute atomic E-state index is 0.0806. The van der Waals surface area contributed by atoms with Gasteiger partial charge in [0.1, 0.15) is 5.82 Å². The number of nitrogens with one attached hydrogen (secondary N) is 2. The van der Waals surface area contributed by atoms with E-state index in [0.717, 1.165) is 51.5 Å². The Bertz CT molecular complexity index is 898. The SMILES string of the molecule is Cc1nc(NNC(=O)[C@H](CC2CCCC2)CN(O)C=O)c(F)c(N2CCN(C)[C@@H]3CCCC[C@@H]32)n1. The van der Waals surface area contributed by atoms with Gasteiger partial charge < -0.3 is 4.90 Å². The number of carbonyl (C=O) groups is 2. The third kappa shape index (κ3) is 6.00. The Labute approximate surface area is 206 Å². The number of amides is 2. The summed E-state index contributed by atoms with van der Waals surface area (Å²) in [6.45, 7) is 3.11. The number of hydrogen-bond donors (Lipinski definition) is 3. The lowest BCUT2D eigenvalue weighted by atomic mass is 9.86. The second-order valence-electron chi connectivity index (χ2n) is 10.3. The molecular weight excluding hydrogens is 453 g/mol. The first-order valence-corrected chi connectivity index (χ1v) is 12.8. The summed E-state index contributed by atoms with van der Waals surface area (Å²) in [5, 5.41) is 10.2. The first kappa shape index (κ1) is 25.6. The van der Waals surface area contributed by atoms with Gasteiger partial charge in [0.15, 0.2) is 11.6 Å². The maximum Gasteiger partial charge on any atom is 0.243 e. The van der Waals surface area contributed by atoms with Crippen molar-refractivity contribution in [3.8, 4) is 0 Å². The molecule has 194 valence electrons. The van der Waals surface area contributed by atoms with Crippen LogP contribution in [-0.2, 0) is 9.59 Å². The van der Waals surface area contributed by atoms with E-state index in [9.17, 15) is 14.8 Å². The van der Waals surface area contributed by atoms with Crippen LogP contribution in [0.2, 0.25) is 0 Å². The number of hydrogen-bond acceptors (Lipinski definition) is 8. The fraction of sp³-hybridized carbons (Fsp3) is 0.750. The highest BCUT2D eigenvalue weighted by Gasteiger charge is 2.38. The van der Waals surface area contributed by atoms with Gasteiger partial charge in [-0.15, -0.1) is 0 Å². The van der Waals surface area contributed by atoms with Gasteiger partial charge >= 0.3 is 0 Å². The summed E-state index contributed by atoms with van der Waals surface area (Å²) < 4.78 is 15.6. The van der Waals surface area contributed by atoms with Crippen LogP contribution in [0.1, 0.15) is 63.6 Å². The average molecular weight is 492 g/mol.